The number of hydrogen-bond acceptors (Lipinski definition) is 9. The Balaban J connectivity index is 1.53. The molecule has 1 saturated carbocycles. The Morgan fingerprint density at radius 3 is 2.52 bits per heavy atom. The highest BCUT2D eigenvalue weighted by Crippen LogP contribution is 2.46. The topological polar surface area (TPSA) is 104 Å². The molecule has 256 valence electrons. The molecule has 1 amide bonds. The SMILES string of the molecule is CCc1c(F)ccc2cc(O)cc(-c3ncc4c(N5CCCCCN5C(=O)OC(C)(C)C)nc(OCC5(CN(C)C)CC5)nc4c3F)c12. The van der Waals surface area contributed by atoms with Gasteiger partial charge in [-0.3, -0.25) is 9.99 Å². The number of aryl methyl sites for hydroxylation is 1. The molecule has 10 nitrogen and oxygen atoms in total. The summed E-state index contributed by atoms with van der Waals surface area (Å²) in [7, 11) is 4.03. The fourth-order valence-electron chi connectivity index (χ4n) is 6.58. The van der Waals surface area contributed by atoms with Gasteiger partial charge in [0.15, 0.2) is 11.6 Å². The number of benzene rings is 2. The Morgan fingerprint density at radius 1 is 1.08 bits per heavy atom. The van der Waals surface area contributed by atoms with Crippen molar-refractivity contribution < 1.29 is 28.2 Å². The number of carbonyl (C=O) groups is 1. The molecular weight excluding hydrogens is 618 g/mol. The zero-order valence-electron chi connectivity index (χ0n) is 28.6. The Hall–Kier alpha value is -4.32. The molecule has 3 heterocycles. The van der Waals surface area contributed by atoms with Gasteiger partial charge in [0.05, 0.1) is 12.0 Å². The average Bonchev–Trinajstić information content (AvgIpc) is 3.82. The van der Waals surface area contributed by atoms with Gasteiger partial charge in [-0.25, -0.2) is 18.6 Å². The molecule has 12 heteroatoms. The molecule has 0 atom stereocenters. The second-order valence-corrected chi connectivity index (χ2v) is 14.3. The van der Waals surface area contributed by atoms with Gasteiger partial charge in [-0.2, -0.15) is 9.97 Å². The Kier molecular flexibility index (Phi) is 9.06. The predicted molar refractivity (Wildman–Crippen MR) is 181 cm³/mol. The second-order valence-electron chi connectivity index (χ2n) is 14.3. The first-order valence-electron chi connectivity index (χ1n) is 16.7. The van der Waals surface area contributed by atoms with Crippen LogP contribution in [0.2, 0.25) is 0 Å². The van der Waals surface area contributed by atoms with E-state index in [-0.39, 0.29) is 45.2 Å². The summed E-state index contributed by atoms with van der Waals surface area (Å²) < 4.78 is 44.0. The summed E-state index contributed by atoms with van der Waals surface area (Å²) in [5.74, 6) is -1.02. The highest BCUT2D eigenvalue weighted by atomic mass is 19.1. The van der Waals surface area contributed by atoms with E-state index in [0.717, 1.165) is 38.6 Å². The number of nitrogens with zero attached hydrogens (tertiary/aromatic N) is 6. The molecule has 48 heavy (non-hydrogen) atoms. The molecule has 0 radical (unpaired) electrons. The molecule has 1 aliphatic heterocycles. The zero-order chi connectivity index (χ0) is 34.4. The lowest BCUT2D eigenvalue weighted by Crippen LogP contribution is -2.49. The van der Waals surface area contributed by atoms with Crippen molar-refractivity contribution >= 4 is 33.6 Å². The maximum absolute atomic E-state index is 17.0. The van der Waals surface area contributed by atoms with Gasteiger partial charge < -0.3 is 19.5 Å². The third-order valence-electron chi connectivity index (χ3n) is 8.90. The smallest absolute Gasteiger partial charge is 0.429 e. The molecule has 2 aliphatic rings. The lowest BCUT2D eigenvalue weighted by molar-refractivity contribution is 0.0232. The fraction of sp³-hybridized carbons (Fsp3) is 0.500. The number of amides is 1. The highest BCUT2D eigenvalue weighted by Gasteiger charge is 2.44. The van der Waals surface area contributed by atoms with Crippen LogP contribution >= 0.6 is 0 Å². The molecule has 2 fully saturated rings. The first kappa shape index (κ1) is 33.6. The predicted octanol–water partition coefficient (Wildman–Crippen LogP) is 7.25. The lowest BCUT2D eigenvalue weighted by atomic mass is 9.94. The molecule has 0 spiro atoms. The average molecular weight is 663 g/mol. The number of phenolic OH excluding ortho intramolecular Hbond substituents is 1. The van der Waals surface area contributed by atoms with Crippen LogP contribution < -0.4 is 9.75 Å². The first-order chi connectivity index (χ1) is 22.8. The van der Waals surface area contributed by atoms with Gasteiger partial charge >= 0.3 is 12.1 Å². The third kappa shape index (κ3) is 6.80. The van der Waals surface area contributed by atoms with Crippen LogP contribution in [0.3, 0.4) is 0 Å². The number of halogens is 2. The van der Waals surface area contributed by atoms with Crippen LogP contribution in [-0.4, -0.2) is 82.0 Å². The van der Waals surface area contributed by atoms with Gasteiger partial charge in [0.2, 0.25) is 0 Å². The minimum atomic E-state index is -0.771. The molecule has 1 saturated heterocycles. The van der Waals surface area contributed by atoms with Crippen LogP contribution in [0, 0.1) is 17.0 Å². The number of aromatic hydroxyl groups is 1. The number of fused-ring (bicyclic) bond motifs is 2. The van der Waals surface area contributed by atoms with E-state index in [1.54, 1.807) is 11.1 Å². The van der Waals surface area contributed by atoms with E-state index in [2.05, 4.69) is 14.9 Å². The summed E-state index contributed by atoms with van der Waals surface area (Å²) in [5.41, 5.74) is -0.287. The van der Waals surface area contributed by atoms with Crippen LogP contribution in [0.15, 0.2) is 30.5 Å². The minimum absolute atomic E-state index is 0.0203. The van der Waals surface area contributed by atoms with E-state index in [4.69, 9.17) is 14.5 Å². The number of pyridine rings is 1. The van der Waals surface area contributed by atoms with E-state index >= 15 is 8.78 Å². The monoisotopic (exact) mass is 662 g/mol. The maximum Gasteiger partial charge on any atom is 0.429 e. The Morgan fingerprint density at radius 2 is 1.83 bits per heavy atom. The molecular formula is C36H44F2N6O4. The quantitative estimate of drug-likeness (QED) is 0.209. The molecule has 6 rings (SSSR count). The van der Waals surface area contributed by atoms with Gasteiger partial charge in [-0.1, -0.05) is 13.0 Å². The number of hydrazine groups is 1. The molecule has 2 aromatic heterocycles. The van der Waals surface area contributed by atoms with Crippen LogP contribution in [0.1, 0.15) is 65.4 Å². The van der Waals surface area contributed by atoms with E-state index in [1.165, 1.54) is 29.4 Å². The van der Waals surface area contributed by atoms with Crippen molar-refractivity contribution in [3.05, 3.63) is 47.7 Å². The number of hydrogen-bond donors (Lipinski definition) is 1. The van der Waals surface area contributed by atoms with E-state index < -0.39 is 23.3 Å². The molecule has 0 bridgehead atoms. The van der Waals surface area contributed by atoms with Crippen molar-refractivity contribution in [2.24, 2.45) is 5.41 Å². The summed E-state index contributed by atoms with van der Waals surface area (Å²) in [4.78, 5) is 29.6. The van der Waals surface area contributed by atoms with Gasteiger partial charge in [0.25, 0.3) is 0 Å². The number of rotatable bonds is 8. The molecule has 1 aliphatic carbocycles. The Bertz CT molecular complexity index is 1860. The standard InChI is InChI=1S/C36H44F2N6O4/c1-7-24-27(37)12-11-22-17-23(45)18-25(28(22)24)30-29(38)31-26(19-39-30)32(41-33(40-31)47-21-36(13-14-36)20-42(5)6)43-15-9-8-10-16-44(43)34(46)48-35(2,3)4/h11-12,17-19,45H,7-10,13-16,20-21H2,1-6H3. The van der Waals surface area contributed by atoms with E-state index in [9.17, 15) is 9.90 Å². The molecule has 1 N–H and O–H groups in total. The number of phenols is 1. The normalized spacial score (nSPS) is 16.4. The van der Waals surface area contributed by atoms with Crippen molar-refractivity contribution in [3.8, 4) is 23.0 Å². The van der Waals surface area contributed by atoms with Crippen molar-refractivity contribution in [1.82, 2.24) is 24.9 Å². The van der Waals surface area contributed by atoms with Crippen molar-refractivity contribution in [2.75, 3.05) is 45.3 Å². The summed E-state index contributed by atoms with van der Waals surface area (Å²) in [6, 6.07) is 5.81. The molecule has 4 aromatic rings. The van der Waals surface area contributed by atoms with Gasteiger partial charge in [-0.05, 0) is 108 Å². The van der Waals surface area contributed by atoms with Crippen LogP contribution in [0.5, 0.6) is 11.8 Å². The maximum atomic E-state index is 17.0. The lowest BCUT2D eigenvalue weighted by Gasteiger charge is -2.35. The Labute approximate surface area is 279 Å². The fourth-order valence-corrected chi connectivity index (χ4v) is 6.58. The molecule has 0 unspecified atom stereocenters. The largest absolute Gasteiger partial charge is 0.508 e. The molecule has 2 aromatic carbocycles. The second kappa shape index (κ2) is 12.9. The van der Waals surface area contributed by atoms with Crippen LogP contribution in [-0.2, 0) is 11.2 Å². The van der Waals surface area contributed by atoms with Crippen molar-refractivity contribution in [3.63, 3.8) is 0 Å². The number of aromatic nitrogens is 3. The first-order valence-corrected chi connectivity index (χ1v) is 16.7. The van der Waals surface area contributed by atoms with E-state index in [1.807, 2.05) is 41.8 Å². The summed E-state index contributed by atoms with van der Waals surface area (Å²) in [5, 5.41) is 15.2. The number of anilines is 1. The number of carbonyl (C=O) groups excluding carboxylic acids is 1. The highest BCUT2D eigenvalue weighted by molar-refractivity contribution is 6.01. The zero-order valence-corrected chi connectivity index (χ0v) is 28.6. The van der Waals surface area contributed by atoms with Gasteiger partial charge in [-0.15, -0.1) is 0 Å². The van der Waals surface area contributed by atoms with Gasteiger partial charge in [0.1, 0.15) is 28.4 Å². The van der Waals surface area contributed by atoms with Gasteiger partial charge in [0, 0.05) is 36.8 Å². The van der Waals surface area contributed by atoms with Crippen LogP contribution in [0.4, 0.5) is 19.4 Å². The summed E-state index contributed by atoms with van der Waals surface area (Å²) in [6.45, 7) is 9.23. The van der Waals surface area contributed by atoms with Crippen molar-refractivity contribution in [2.45, 2.75) is 71.8 Å². The van der Waals surface area contributed by atoms with E-state index in [0.29, 0.717) is 42.5 Å². The van der Waals surface area contributed by atoms with Crippen LogP contribution in [0.25, 0.3) is 32.9 Å². The number of ether oxygens (including phenoxy) is 2. The minimum Gasteiger partial charge on any atom is -0.508 e. The van der Waals surface area contributed by atoms with Crippen molar-refractivity contribution in [1.29, 1.82) is 0 Å². The summed E-state index contributed by atoms with van der Waals surface area (Å²) >= 11 is 0. The summed E-state index contributed by atoms with van der Waals surface area (Å²) in [6.07, 6.45) is 5.68. The third-order valence-corrected chi connectivity index (χ3v) is 8.90.